The van der Waals surface area contributed by atoms with Crippen LogP contribution >= 0.6 is 11.3 Å². The van der Waals surface area contributed by atoms with Crippen molar-refractivity contribution in [2.24, 2.45) is 0 Å². The van der Waals surface area contributed by atoms with Crippen LogP contribution in [0.3, 0.4) is 0 Å². The lowest BCUT2D eigenvalue weighted by Crippen LogP contribution is -2.38. The lowest BCUT2D eigenvalue weighted by Gasteiger charge is -2.20. The maximum absolute atomic E-state index is 12.9. The van der Waals surface area contributed by atoms with E-state index in [-0.39, 0.29) is 12.4 Å². The second-order valence-electron chi connectivity index (χ2n) is 6.00. The topological polar surface area (TPSA) is 84.7 Å². The fourth-order valence-electron chi connectivity index (χ4n) is 2.61. The van der Waals surface area contributed by atoms with Crippen molar-refractivity contribution < 1.29 is 18.7 Å². The van der Waals surface area contributed by atoms with E-state index in [1.165, 1.54) is 11.2 Å². The molecule has 0 atom stereocenters. The number of aryl methyl sites for hydroxylation is 1. The zero-order valence-corrected chi connectivity index (χ0v) is 16.5. The predicted octanol–water partition coefficient (Wildman–Crippen LogP) is 3.61. The molecular formula is C20H21N3O4S. The van der Waals surface area contributed by atoms with Gasteiger partial charge in [0, 0.05) is 16.0 Å². The first-order chi connectivity index (χ1) is 13.6. The number of rotatable bonds is 7. The molecule has 7 nitrogen and oxygen atoms in total. The molecule has 3 rings (SSSR count). The molecule has 2 amide bonds. The van der Waals surface area contributed by atoms with Gasteiger partial charge in [0.25, 0.3) is 0 Å². The fraction of sp³-hybridized carbons (Fsp3) is 0.250. The molecule has 3 heterocycles. The Morgan fingerprint density at radius 3 is 2.75 bits per heavy atom. The Hall–Kier alpha value is -3.13. The van der Waals surface area contributed by atoms with Crippen molar-refractivity contribution in [3.8, 4) is 5.88 Å². The first-order valence-corrected chi connectivity index (χ1v) is 9.64. The monoisotopic (exact) mass is 399 g/mol. The molecular weight excluding hydrogens is 378 g/mol. The molecule has 0 aliphatic carbocycles. The summed E-state index contributed by atoms with van der Waals surface area (Å²) < 4.78 is 10.8. The number of amides is 2. The fourth-order valence-corrected chi connectivity index (χ4v) is 3.51. The number of anilines is 1. The van der Waals surface area contributed by atoms with Crippen LogP contribution in [0.25, 0.3) is 0 Å². The van der Waals surface area contributed by atoms with E-state index < -0.39 is 11.8 Å². The second-order valence-corrected chi connectivity index (χ2v) is 7.37. The van der Waals surface area contributed by atoms with Crippen molar-refractivity contribution in [2.75, 3.05) is 11.9 Å². The van der Waals surface area contributed by atoms with E-state index in [0.717, 1.165) is 9.75 Å². The van der Waals surface area contributed by atoms with Gasteiger partial charge in [-0.05, 0) is 50.2 Å². The Kier molecular flexibility index (Phi) is 6.44. The Morgan fingerprint density at radius 2 is 2.07 bits per heavy atom. The first-order valence-electron chi connectivity index (χ1n) is 8.82. The maximum atomic E-state index is 12.9. The van der Waals surface area contributed by atoms with Gasteiger partial charge in [0.2, 0.25) is 5.88 Å². The molecule has 0 aliphatic rings. The van der Waals surface area contributed by atoms with Crippen LogP contribution in [-0.2, 0) is 22.7 Å². The van der Waals surface area contributed by atoms with Gasteiger partial charge in [-0.15, -0.1) is 11.3 Å². The van der Waals surface area contributed by atoms with E-state index in [4.69, 9.17) is 9.15 Å². The van der Waals surface area contributed by atoms with Crippen LogP contribution in [0.15, 0.2) is 53.3 Å². The van der Waals surface area contributed by atoms with Gasteiger partial charge >= 0.3 is 11.8 Å². The van der Waals surface area contributed by atoms with E-state index in [9.17, 15) is 9.59 Å². The minimum Gasteiger partial charge on any atom is -0.476 e. The van der Waals surface area contributed by atoms with Gasteiger partial charge in [0.15, 0.2) is 0 Å². The lowest BCUT2D eigenvalue weighted by molar-refractivity contribution is -0.144. The van der Waals surface area contributed by atoms with Crippen molar-refractivity contribution in [2.45, 2.75) is 26.9 Å². The normalized spacial score (nSPS) is 10.5. The Labute approximate surface area is 167 Å². The molecule has 0 bridgehead atoms. The summed E-state index contributed by atoms with van der Waals surface area (Å²) in [4.78, 5) is 33.2. The second kappa shape index (κ2) is 9.18. The van der Waals surface area contributed by atoms with Crippen LogP contribution in [-0.4, -0.2) is 28.3 Å². The zero-order chi connectivity index (χ0) is 19.9. The minimum absolute atomic E-state index is 0.196. The van der Waals surface area contributed by atoms with Crippen molar-refractivity contribution in [3.05, 3.63) is 64.4 Å². The predicted molar refractivity (Wildman–Crippen MR) is 106 cm³/mol. The van der Waals surface area contributed by atoms with Gasteiger partial charge in [0.05, 0.1) is 26.0 Å². The molecule has 0 aliphatic heterocycles. The molecule has 0 unspecified atom stereocenters. The third-order valence-corrected chi connectivity index (χ3v) is 4.84. The van der Waals surface area contributed by atoms with Gasteiger partial charge < -0.3 is 19.4 Å². The summed E-state index contributed by atoms with van der Waals surface area (Å²) in [6.07, 6.45) is 3.10. The largest absolute Gasteiger partial charge is 0.476 e. The third-order valence-electron chi connectivity index (χ3n) is 3.85. The number of carbonyl (C=O) groups is 2. The number of thiophene rings is 1. The highest BCUT2D eigenvalue weighted by Gasteiger charge is 2.25. The van der Waals surface area contributed by atoms with E-state index in [0.29, 0.717) is 24.6 Å². The summed E-state index contributed by atoms with van der Waals surface area (Å²) >= 11 is 1.58. The highest BCUT2D eigenvalue weighted by Crippen LogP contribution is 2.22. The summed E-state index contributed by atoms with van der Waals surface area (Å²) in [6, 6.07) is 10.8. The smallest absolute Gasteiger partial charge is 0.314 e. The van der Waals surface area contributed by atoms with Gasteiger partial charge in [-0.2, -0.15) is 0 Å². The average Bonchev–Trinajstić information content (AvgIpc) is 3.34. The highest BCUT2D eigenvalue weighted by atomic mass is 32.1. The lowest BCUT2D eigenvalue weighted by atomic mass is 10.3. The summed E-state index contributed by atoms with van der Waals surface area (Å²) in [7, 11) is 0. The molecule has 8 heteroatoms. The highest BCUT2D eigenvalue weighted by molar-refractivity contribution is 7.11. The van der Waals surface area contributed by atoms with Gasteiger partial charge in [0.1, 0.15) is 11.4 Å². The summed E-state index contributed by atoms with van der Waals surface area (Å²) in [5.74, 6) is -0.536. The summed E-state index contributed by atoms with van der Waals surface area (Å²) in [5, 5.41) is 2.60. The minimum atomic E-state index is -0.756. The van der Waals surface area contributed by atoms with Crippen molar-refractivity contribution in [1.29, 1.82) is 0 Å². The van der Waals surface area contributed by atoms with Crippen molar-refractivity contribution >= 4 is 28.8 Å². The number of carbonyl (C=O) groups excluding carboxylic acids is 2. The number of nitrogens with one attached hydrogen (secondary N) is 1. The summed E-state index contributed by atoms with van der Waals surface area (Å²) in [5.41, 5.74) is 0.354. The molecule has 0 saturated carbocycles. The number of aromatic nitrogens is 1. The van der Waals surface area contributed by atoms with Crippen LogP contribution < -0.4 is 10.1 Å². The van der Waals surface area contributed by atoms with Crippen molar-refractivity contribution in [1.82, 2.24) is 9.88 Å². The molecule has 1 N–H and O–H groups in total. The standard InChI is InChI=1S/C20H21N3O4S/c1-3-26-19-17(7-4-10-21-19)22-18(24)20(25)23(12-15-6-5-11-27-15)13-16-9-8-14(2)28-16/h4-11H,3,12-13H2,1-2H3,(H,22,24). The van der Waals surface area contributed by atoms with E-state index in [1.807, 2.05) is 26.0 Å². The zero-order valence-electron chi connectivity index (χ0n) is 15.7. The van der Waals surface area contributed by atoms with E-state index in [1.54, 1.807) is 41.8 Å². The molecule has 0 radical (unpaired) electrons. The van der Waals surface area contributed by atoms with Crippen LogP contribution in [0.4, 0.5) is 5.69 Å². The van der Waals surface area contributed by atoms with Crippen LogP contribution in [0, 0.1) is 6.92 Å². The molecule has 28 heavy (non-hydrogen) atoms. The Morgan fingerprint density at radius 1 is 1.21 bits per heavy atom. The van der Waals surface area contributed by atoms with Crippen LogP contribution in [0.2, 0.25) is 0 Å². The SMILES string of the molecule is CCOc1ncccc1NC(=O)C(=O)N(Cc1ccco1)Cc1ccc(C)s1. The number of pyridine rings is 1. The van der Waals surface area contributed by atoms with E-state index in [2.05, 4.69) is 10.3 Å². The third kappa shape index (κ3) is 4.98. The first kappa shape index (κ1) is 19.6. The molecule has 0 saturated heterocycles. The summed E-state index contributed by atoms with van der Waals surface area (Å²) in [6.45, 7) is 4.73. The van der Waals surface area contributed by atoms with Crippen LogP contribution in [0.1, 0.15) is 22.4 Å². The number of ether oxygens (including phenoxy) is 1. The van der Waals surface area contributed by atoms with Crippen molar-refractivity contribution in [3.63, 3.8) is 0 Å². The molecule has 3 aromatic rings. The van der Waals surface area contributed by atoms with E-state index >= 15 is 0 Å². The van der Waals surface area contributed by atoms with Crippen LogP contribution in [0.5, 0.6) is 5.88 Å². The number of hydrogen-bond donors (Lipinski definition) is 1. The molecule has 0 aromatic carbocycles. The molecule has 3 aromatic heterocycles. The van der Waals surface area contributed by atoms with Gasteiger partial charge in [-0.25, -0.2) is 4.98 Å². The number of nitrogens with zero attached hydrogens (tertiary/aromatic N) is 2. The van der Waals surface area contributed by atoms with Gasteiger partial charge in [-0.3, -0.25) is 9.59 Å². The maximum Gasteiger partial charge on any atom is 0.314 e. The van der Waals surface area contributed by atoms with Gasteiger partial charge in [-0.1, -0.05) is 0 Å². The number of hydrogen-bond acceptors (Lipinski definition) is 6. The molecule has 0 spiro atoms. The average molecular weight is 399 g/mol. The molecule has 146 valence electrons. The quantitative estimate of drug-likeness (QED) is 0.614. The Balaban J connectivity index is 1.76. The Bertz CT molecular complexity index is 937. The molecule has 0 fully saturated rings. The number of furan rings is 1.